The maximum absolute atomic E-state index is 11.9. The Hall–Kier alpha value is -2.66. The summed E-state index contributed by atoms with van der Waals surface area (Å²) >= 11 is 0. The van der Waals surface area contributed by atoms with Crippen LogP contribution in [-0.2, 0) is 11.3 Å². The summed E-state index contributed by atoms with van der Waals surface area (Å²) in [6.45, 7) is 4.69. The molecule has 0 aliphatic rings. The van der Waals surface area contributed by atoms with E-state index in [-0.39, 0.29) is 24.4 Å². The predicted molar refractivity (Wildman–Crippen MR) is 95.8 cm³/mol. The van der Waals surface area contributed by atoms with Gasteiger partial charge < -0.3 is 16.0 Å². The Labute approximate surface area is 142 Å². The Balaban J connectivity index is 1.78. The zero-order valence-electron chi connectivity index (χ0n) is 14.0. The van der Waals surface area contributed by atoms with Gasteiger partial charge in [0.15, 0.2) is 0 Å². The van der Waals surface area contributed by atoms with E-state index in [1.807, 2.05) is 44.2 Å². The van der Waals surface area contributed by atoms with Crippen molar-refractivity contribution >= 4 is 17.5 Å². The lowest BCUT2D eigenvalue weighted by Crippen LogP contribution is -2.30. The van der Waals surface area contributed by atoms with Crippen LogP contribution >= 0.6 is 0 Å². The third kappa shape index (κ3) is 5.85. The summed E-state index contributed by atoms with van der Waals surface area (Å²) < 4.78 is 0. The molecular formula is C19H23N3O2. The zero-order valence-corrected chi connectivity index (χ0v) is 14.0. The largest absolute Gasteiger partial charge is 0.350 e. The molecule has 2 amide bonds. The summed E-state index contributed by atoms with van der Waals surface area (Å²) in [5.74, 6) is -0.238. The fraction of sp³-hybridized carbons (Fsp3) is 0.263. The monoisotopic (exact) mass is 325 g/mol. The van der Waals surface area contributed by atoms with E-state index in [0.29, 0.717) is 17.8 Å². The SMILES string of the molecule is CC(C)NC(=O)c1ccc(NC(=O)CNCc2ccccc2)cc1. The van der Waals surface area contributed by atoms with Crippen molar-refractivity contribution in [3.8, 4) is 0 Å². The van der Waals surface area contributed by atoms with Crippen molar-refractivity contribution < 1.29 is 9.59 Å². The van der Waals surface area contributed by atoms with Gasteiger partial charge >= 0.3 is 0 Å². The molecule has 0 aliphatic carbocycles. The van der Waals surface area contributed by atoms with Crippen molar-refractivity contribution in [2.24, 2.45) is 0 Å². The number of hydrogen-bond donors (Lipinski definition) is 3. The number of nitrogens with one attached hydrogen (secondary N) is 3. The van der Waals surface area contributed by atoms with Crippen molar-refractivity contribution in [1.29, 1.82) is 0 Å². The van der Waals surface area contributed by atoms with Crippen molar-refractivity contribution in [3.05, 3.63) is 65.7 Å². The molecule has 0 aliphatic heterocycles. The molecule has 5 nitrogen and oxygen atoms in total. The fourth-order valence-corrected chi connectivity index (χ4v) is 2.17. The lowest BCUT2D eigenvalue weighted by atomic mass is 10.2. The molecule has 2 aromatic carbocycles. The first-order valence-corrected chi connectivity index (χ1v) is 8.00. The van der Waals surface area contributed by atoms with Crippen molar-refractivity contribution in [2.45, 2.75) is 26.4 Å². The fourth-order valence-electron chi connectivity index (χ4n) is 2.17. The van der Waals surface area contributed by atoms with E-state index in [2.05, 4.69) is 16.0 Å². The zero-order chi connectivity index (χ0) is 17.4. The van der Waals surface area contributed by atoms with Gasteiger partial charge in [-0.2, -0.15) is 0 Å². The molecule has 0 saturated carbocycles. The van der Waals surface area contributed by atoms with Crippen LogP contribution in [0, 0.1) is 0 Å². The molecule has 0 aromatic heterocycles. The maximum Gasteiger partial charge on any atom is 0.251 e. The van der Waals surface area contributed by atoms with Gasteiger partial charge in [-0.1, -0.05) is 30.3 Å². The molecule has 0 fully saturated rings. The highest BCUT2D eigenvalue weighted by atomic mass is 16.2. The van der Waals surface area contributed by atoms with Gasteiger partial charge in [-0.25, -0.2) is 0 Å². The third-order valence-electron chi connectivity index (χ3n) is 3.31. The van der Waals surface area contributed by atoms with Crippen LogP contribution in [0.25, 0.3) is 0 Å². The average molecular weight is 325 g/mol. The second-order valence-corrected chi connectivity index (χ2v) is 5.84. The van der Waals surface area contributed by atoms with Crippen LogP contribution in [0.1, 0.15) is 29.8 Å². The van der Waals surface area contributed by atoms with E-state index in [1.54, 1.807) is 24.3 Å². The van der Waals surface area contributed by atoms with Crippen molar-refractivity contribution in [1.82, 2.24) is 10.6 Å². The van der Waals surface area contributed by atoms with E-state index in [0.717, 1.165) is 5.56 Å². The van der Waals surface area contributed by atoms with E-state index in [9.17, 15) is 9.59 Å². The molecule has 2 rings (SSSR count). The van der Waals surface area contributed by atoms with Gasteiger partial charge in [0.2, 0.25) is 5.91 Å². The molecule has 5 heteroatoms. The van der Waals surface area contributed by atoms with Gasteiger partial charge in [0, 0.05) is 23.8 Å². The molecular weight excluding hydrogens is 302 g/mol. The summed E-state index contributed by atoms with van der Waals surface area (Å²) in [4.78, 5) is 23.8. The van der Waals surface area contributed by atoms with E-state index >= 15 is 0 Å². The lowest BCUT2D eigenvalue weighted by molar-refractivity contribution is -0.115. The Morgan fingerprint density at radius 3 is 2.25 bits per heavy atom. The Morgan fingerprint density at radius 2 is 1.62 bits per heavy atom. The molecule has 0 unspecified atom stereocenters. The number of hydrogen-bond acceptors (Lipinski definition) is 3. The molecule has 126 valence electrons. The summed E-state index contributed by atoms with van der Waals surface area (Å²) in [6.07, 6.45) is 0. The highest BCUT2D eigenvalue weighted by molar-refractivity contribution is 5.96. The minimum atomic E-state index is -0.120. The molecule has 24 heavy (non-hydrogen) atoms. The number of benzene rings is 2. The van der Waals surface area contributed by atoms with Crippen LogP contribution in [0.3, 0.4) is 0 Å². The van der Waals surface area contributed by atoms with E-state index < -0.39 is 0 Å². The van der Waals surface area contributed by atoms with Gasteiger partial charge in [0.1, 0.15) is 0 Å². The molecule has 0 bridgehead atoms. The molecule has 0 saturated heterocycles. The number of rotatable bonds is 7. The molecule has 0 spiro atoms. The number of carbonyl (C=O) groups excluding carboxylic acids is 2. The van der Waals surface area contributed by atoms with Gasteiger partial charge in [0.25, 0.3) is 5.91 Å². The molecule has 0 atom stereocenters. The summed E-state index contributed by atoms with van der Waals surface area (Å²) in [7, 11) is 0. The predicted octanol–water partition coefficient (Wildman–Crippen LogP) is 2.55. The van der Waals surface area contributed by atoms with Crippen LogP contribution in [0.15, 0.2) is 54.6 Å². The smallest absolute Gasteiger partial charge is 0.251 e. The van der Waals surface area contributed by atoms with Gasteiger partial charge in [0.05, 0.1) is 6.54 Å². The Bertz CT molecular complexity index is 667. The molecule has 2 aromatic rings. The topological polar surface area (TPSA) is 70.2 Å². The lowest BCUT2D eigenvalue weighted by Gasteiger charge is -2.10. The summed E-state index contributed by atoms with van der Waals surface area (Å²) in [6, 6.07) is 16.8. The highest BCUT2D eigenvalue weighted by Crippen LogP contribution is 2.09. The quantitative estimate of drug-likeness (QED) is 0.733. The van der Waals surface area contributed by atoms with Gasteiger partial charge in [-0.3, -0.25) is 9.59 Å². The third-order valence-corrected chi connectivity index (χ3v) is 3.31. The summed E-state index contributed by atoms with van der Waals surface area (Å²) in [5, 5.41) is 8.73. The number of amides is 2. The normalized spacial score (nSPS) is 10.5. The minimum Gasteiger partial charge on any atom is -0.350 e. The Kier molecular flexibility index (Phi) is 6.51. The summed E-state index contributed by atoms with van der Waals surface area (Å²) in [5.41, 5.74) is 2.37. The average Bonchev–Trinajstić information content (AvgIpc) is 2.56. The van der Waals surface area contributed by atoms with Crippen LogP contribution in [-0.4, -0.2) is 24.4 Å². The second-order valence-electron chi connectivity index (χ2n) is 5.84. The van der Waals surface area contributed by atoms with Gasteiger partial charge in [-0.05, 0) is 43.7 Å². The molecule has 3 N–H and O–H groups in total. The molecule has 0 heterocycles. The minimum absolute atomic E-state index is 0.0903. The van der Waals surface area contributed by atoms with Gasteiger partial charge in [-0.15, -0.1) is 0 Å². The standard InChI is InChI=1S/C19H23N3O2/c1-14(2)21-19(24)16-8-10-17(11-9-16)22-18(23)13-20-12-15-6-4-3-5-7-15/h3-11,14,20H,12-13H2,1-2H3,(H,21,24)(H,22,23). The maximum atomic E-state index is 11.9. The first kappa shape index (κ1) is 17.7. The van der Waals surface area contributed by atoms with Crippen LogP contribution in [0.4, 0.5) is 5.69 Å². The first-order valence-electron chi connectivity index (χ1n) is 8.00. The highest BCUT2D eigenvalue weighted by Gasteiger charge is 2.07. The molecule has 0 radical (unpaired) electrons. The van der Waals surface area contributed by atoms with Crippen molar-refractivity contribution in [3.63, 3.8) is 0 Å². The Morgan fingerprint density at radius 1 is 0.958 bits per heavy atom. The first-order chi connectivity index (χ1) is 11.5. The van der Waals surface area contributed by atoms with Crippen LogP contribution < -0.4 is 16.0 Å². The number of anilines is 1. The van der Waals surface area contributed by atoms with Crippen LogP contribution in [0.2, 0.25) is 0 Å². The van der Waals surface area contributed by atoms with Crippen molar-refractivity contribution in [2.75, 3.05) is 11.9 Å². The van der Waals surface area contributed by atoms with Crippen LogP contribution in [0.5, 0.6) is 0 Å². The van der Waals surface area contributed by atoms with E-state index in [4.69, 9.17) is 0 Å². The van der Waals surface area contributed by atoms with E-state index in [1.165, 1.54) is 0 Å². The number of carbonyl (C=O) groups is 2. The second kappa shape index (κ2) is 8.84.